The molecule has 3 atom stereocenters. The van der Waals surface area contributed by atoms with E-state index in [1.807, 2.05) is 18.2 Å². The number of hydrogen-bond donors (Lipinski definition) is 4. The number of aliphatic hydroxyl groups excluding tert-OH is 2. The highest BCUT2D eigenvalue weighted by molar-refractivity contribution is 5.97. The van der Waals surface area contributed by atoms with E-state index in [4.69, 9.17) is 9.84 Å². The molecule has 4 N–H and O–H groups in total. The standard InChI is InChI=1S/C14H15N3O4/c1-15-10-5-3-7-2-4-8(6-9(7)17-10)16-13(19)12-11(18)14(20)21-12/h2-6,11-12,14,18,20H,1H3,(H,15,17)(H,16,19). The van der Waals surface area contributed by atoms with Gasteiger partial charge in [0.15, 0.2) is 12.4 Å². The van der Waals surface area contributed by atoms with Gasteiger partial charge >= 0.3 is 0 Å². The van der Waals surface area contributed by atoms with Crippen molar-refractivity contribution in [2.75, 3.05) is 17.7 Å². The van der Waals surface area contributed by atoms with Crippen molar-refractivity contribution in [3.63, 3.8) is 0 Å². The van der Waals surface area contributed by atoms with Crippen LogP contribution in [0, 0.1) is 0 Å². The van der Waals surface area contributed by atoms with E-state index in [0.29, 0.717) is 5.69 Å². The molecule has 1 amide bonds. The molecule has 0 aliphatic carbocycles. The summed E-state index contributed by atoms with van der Waals surface area (Å²) < 4.78 is 4.78. The van der Waals surface area contributed by atoms with E-state index in [2.05, 4.69) is 15.6 Å². The van der Waals surface area contributed by atoms with Gasteiger partial charge in [0.1, 0.15) is 11.9 Å². The lowest BCUT2D eigenvalue weighted by molar-refractivity contribution is -0.293. The smallest absolute Gasteiger partial charge is 0.256 e. The summed E-state index contributed by atoms with van der Waals surface area (Å²) in [7, 11) is 1.78. The molecule has 0 bridgehead atoms. The molecule has 1 aromatic carbocycles. The topological polar surface area (TPSA) is 104 Å². The maximum Gasteiger partial charge on any atom is 0.256 e. The van der Waals surface area contributed by atoms with Crippen molar-refractivity contribution in [1.82, 2.24) is 4.98 Å². The van der Waals surface area contributed by atoms with E-state index in [1.54, 1.807) is 19.2 Å². The van der Waals surface area contributed by atoms with Crippen LogP contribution in [0.1, 0.15) is 0 Å². The highest BCUT2D eigenvalue weighted by Gasteiger charge is 2.44. The molecule has 7 nitrogen and oxygen atoms in total. The molecule has 21 heavy (non-hydrogen) atoms. The van der Waals surface area contributed by atoms with Gasteiger partial charge in [-0.3, -0.25) is 4.79 Å². The quantitative estimate of drug-likeness (QED) is 0.647. The Morgan fingerprint density at radius 2 is 2.05 bits per heavy atom. The SMILES string of the molecule is CNc1ccc2ccc(NC(=O)C3OC(O)C3O)cc2n1. The van der Waals surface area contributed by atoms with Crippen LogP contribution in [-0.2, 0) is 9.53 Å². The fourth-order valence-electron chi connectivity index (χ4n) is 2.14. The molecule has 0 radical (unpaired) electrons. The van der Waals surface area contributed by atoms with Crippen LogP contribution >= 0.6 is 0 Å². The third-order valence-corrected chi connectivity index (χ3v) is 3.36. The summed E-state index contributed by atoms with van der Waals surface area (Å²) in [4.78, 5) is 16.3. The second-order valence-corrected chi connectivity index (χ2v) is 4.78. The average molecular weight is 289 g/mol. The van der Waals surface area contributed by atoms with Crippen molar-refractivity contribution < 1.29 is 19.7 Å². The number of anilines is 2. The first-order valence-electron chi connectivity index (χ1n) is 6.49. The van der Waals surface area contributed by atoms with Crippen LogP contribution in [0.25, 0.3) is 10.9 Å². The minimum atomic E-state index is -1.29. The zero-order chi connectivity index (χ0) is 15.0. The van der Waals surface area contributed by atoms with Gasteiger partial charge in [-0.25, -0.2) is 4.98 Å². The van der Waals surface area contributed by atoms with Gasteiger partial charge in [-0.15, -0.1) is 0 Å². The number of pyridine rings is 1. The van der Waals surface area contributed by atoms with E-state index in [0.717, 1.165) is 16.7 Å². The monoisotopic (exact) mass is 289 g/mol. The molecule has 1 aliphatic rings. The Balaban J connectivity index is 1.79. The van der Waals surface area contributed by atoms with Crippen LogP contribution in [0.15, 0.2) is 30.3 Å². The molecular weight excluding hydrogens is 274 g/mol. The minimum Gasteiger partial charge on any atom is -0.385 e. The van der Waals surface area contributed by atoms with Gasteiger partial charge in [0.2, 0.25) is 0 Å². The first-order valence-corrected chi connectivity index (χ1v) is 6.49. The van der Waals surface area contributed by atoms with E-state index >= 15 is 0 Å². The molecule has 1 aliphatic heterocycles. The van der Waals surface area contributed by atoms with Crippen LogP contribution in [0.5, 0.6) is 0 Å². The Morgan fingerprint density at radius 1 is 1.29 bits per heavy atom. The molecule has 7 heteroatoms. The number of aliphatic hydroxyl groups is 2. The molecule has 110 valence electrons. The van der Waals surface area contributed by atoms with Gasteiger partial charge in [-0.2, -0.15) is 0 Å². The number of ether oxygens (including phenoxy) is 1. The third-order valence-electron chi connectivity index (χ3n) is 3.36. The lowest BCUT2D eigenvalue weighted by atomic mass is 10.1. The molecule has 3 rings (SSSR count). The van der Waals surface area contributed by atoms with Gasteiger partial charge < -0.3 is 25.6 Å². The summed E-state index contributed by atoms with van der Waals surface area (Å²) in [6.07, 6.45) is -3.54. The first kappa shape index (κ1) is 13.7. The number of nitrogens with zero attached hydrogens (tertiary/aromatic N) is 1. The summed E-state index contributed by atoms with van der Waals surface area (Å²) in [5.74, 6) is 0.226. The molecule has 1 fully saturated rings. The van der Waals surface area contributed by atoms with Crippen molar-refractivity contribution in [2.45, 2.75) is 18.5 Å². The summed E-state index contributed by atoms with van der Waals surface area (Å²) in [5.41, 5.74) is 1.28. The first-order chi connectivity index (χ1) is 10.1. The number of amides is 1. The Labute approximate surface area is 120 Å². The van der Waals surface area contributed by atoms with Gasteiger partial charge in [0.25, 0.3) is 5.91 Å². The Kier molecular flexibility index (Phi) is 3.46. The van der Waals surface area contributed by atoms with Crippen molar-refractivity contribution in [2.24, 2.45) is 0 Å². The van der Waals surface area contributed by atoms with Crippen LogP contribution in [0.4, 0.5) is 11.5 Å². The molecule has 2 heterocycles. The Bertz CT molecular complexity index is 691. The number of nitrogens with one attached hydrogen (secondary N) is 2. The van der Waals surface area contributed by atoms with Gasteiger partial charge in [0, 0.05) is 18.1 Å². The van der Waals surface area contributed by atoms with Crippen molar-refractivity contribution in [1.29, 1.82) is 0 Å². The number of carbonyl (C=O) groups excluding carboxylic acids is 1. The van der Waals surface area contributed by atoms with Gasteiger partial charge in [-0.05, 0) is 24.3 Å². The predicted octanol–water partition coefficient (Wildman–Crippen LogP) is 0.293. The van der Waals surface area contributed by atoms with E-state index in [1.165, 1.54) is 0 Å². The van der Waals surface area contributed by atoms with Crippen molar-refractivity contribution in [3.05, 3.63) is 30.3 Å². The number of rotatable bonds is 3. The number of hydrogen-bond acceptors (Lipinski definition) is 6. The van der Waals surface area contributed by atoms with E-state index in [-0.39, 0.29) is 0 Å². The number of benzene rings is 1. The fraction of sp³-hybridized carbons (Fsp3) is 0.286. The second-order valence-electron chi connectivity index (χ2n) is 4.78. The molecule has 3 unspecified atom stereocenters. The number of fused-ring (bicyclic) bond motifs is 1. The van der Waals surface area contributed by atoms with Crippen LogP contribution in [-0.4, -0.2) is 46.6 Å². The number of carbonyl (C=O) groups is 1. The van der Waals surface area contributed by atoms with Crippen molar-refractivity contribution in [3.8, 4) is 0 Å². The predicted molar refractivity (Wildman–Crippen MR) is 76.8 cm³/mol. The van der Waals surface area contributed by atoms with E-state index < -0.39 is 24.4 Å². The zero-order valence-corrected chi connectivity index (χ0v) is 11.3. The summed E-state index contributed by atoms with van der Waals surface area (Å²) in [6, 6.07) is 9.09. The minimum absolute atomic E-state index is 0.503. The maximum absolute atomic E-state index is 11.9. The molecule has 1 aromatic heterocycles. The molecular formula is C14H15N3O4. The van der Waals surface area contributed by atoms with Crippen LogP contribution < -0.4 is 10.6 Å². The summed E-state index contributed by atoms with van der Waals surface area (Å²) in [5, 5.41) is 25.0. The lowest BCUT2D eigenvalue weighted by Gasteiger charge is -2.36. The second kappa shape index (κ2) is 5.28. The maximum atomic E-state index is 11.9. The lowest BCUT2D eigenvalue weighted by Crippen LogP contribution is -2.58. The number of aromatic nitrogens is 1. The Morgan fingerprint density at radius 3 is 2.71 bits per heavy atom. The normalized spacial score (nSPS) is 24.4. The van der Waals surface area contributed by atoms with Gasteiger partial charge in [0.05, 0.1) is 5.52 Å². The van der Waals surface area contributed by atoms with Crippen LogP contribution in [0.2, 0.25) is 0 Å². The summed E-state index contributed by atoms with van der Waals surface area (Å²) in [6.45, 7) is 0. The highest BCUT2D eigenvalue weighted by atomic mass is 16.7. The third kappa shape index (κ3) is 2.54. The Hall–Kier alpha value is -2.22. The van der Waals surface area contributed by atoms with Crippen molar-refractivity contribution >= 4 is 28.3 Å². The highest BCUT2D eigenvalue weighted by Crippen LogP contribution is 2.23. The van der Waals surface area contributed by atoms with E-state index in [9.17, 15) is 9.90 Å². The van der Waals surface area contributed by atoms with Gasteiger partial charge in [-0.1, -0.05) is 6.07 Å². The van der Waals surface area contributed by atoms with Crippen LogP contribution in [0.3, 0.4) is 0 Å². The molecule has 0 saturated carbocycles. The fourth-order valence-corrected chi connectivity index (χ4v) is 2.14. The largest absolute Gasteiger partial charge is 0.385 e. The molecule has 1 saturated heterocycles. The summed E-state index contributed by atoms with van der Waals surface area (Å²) >= 11 is 0. The molecule has 0 spiro atoms. The zero-order valence-electron chi connectivity index (χ0n) is 11.3. The molecule has 2 aromatic rings. The average Bonchev–Trinajstić information content (AvgIpc) is 2.51.